The minimum absolute atomic E-state index is 0.203. The third kappa shape index (κ3) is 3.09. The fraction of sp³-hybridized carbons (Fsp3) is 0.207. The van der Waals surface area contributed by atoms with Crippen LogP contribution < -0.4 is 18.9 Å². The van der Waals surface area contributed by atoms with Crippen LogP contribution in [0.15, 0.2) is 43.0 Å². The predicted molar refractivity (Wildman–Crippen MR) is 138 cm³/mol. The summed E-state index contributed by atoms with van der Waals surface area (Å²) in [5.74, 6) is -0.595. The standard InChI is InChI=1S/C29H25NO6/c1-7-15-13-16-12-14(2)30-29(36-6)20(16)28(35-5)19(15)21-24(31)22-23(25(21)32)27(34-4)18-11-9-8-10-17(18)26(22)33-3/h7-13,21H,1H2,2-6H3. The highest BCUT2D eigenvalue weighted by atomic mass is 16.5. The number of carbonyl (C=O) groups is 2. The van der Waals surface area contributed by atoms with Gasteiger partial charge in [0.15, 0.2) is 11.6 Å². The van der Waals surface area contributed by atoms with Crippen LogP contribution in [-0.2, 0) is 0 Å². The minimum Gasteiger partial charge on any atom is -0.496 e. The number of hydrogen-bond acceptors (Lipinski definition) is 7. The van der Waals surface area contributed by atoms with Crippen LogP contribution in [0.4, 0.5) is 0 Å². The van der Waals surface area contributed by atoms with E-state index in [9.17, 15) is 9.59 Å². The minimum atomic E-state index is -1.18. The van der Waals surface area contributed by atoms with Crippen LogP contribution in [0, 0.1) is 6.92 Å². The lowest BCUT2D eigenvalue weighted by molar-refractivity contribution is 0.0887. The molecule has 182 valence electrons. The van der Waals surface area contributed by atoms with Gasteiger partial charge in [-0.25, -0.2) is 4.98 Å². The van der Waals surface area contributed by atoms with Crippen LogP contribution in [0.3, 0.4) is 0 Å². The Labute approximate surface area is 208 Å². The Bertz CT molecular complexity index is 1540. The highest BCUT2D eigenvalue weighted by molar-refractivity contribution is 6.34. The molecular formula is C29H25NO6. The van der Waals surface area contributed by atoms with E-state index in [0.29, 0.717) is 50.4 Å². The summed E-state index contributed by atoms with van der Waals surface area (Å²) in [6.07, 6.45) is 1.62. The van der Waals surface area contributed by atoms with Gasteiger partial charge in [0.1, 0.15) is 23.2 Å². The second-order valence-electron chi connectivity index (χ2n) is 8.51. The van der Waals surface area contributed by atoms with Gasteiger partial charge in [0.25, 0.3) is 0 Å². The highest BCUT2D eigenvalue weighted by Crippen LogP contribution is 2.51. The van der Waals surface area contributed by atoms with E-state index in [0.717, 1.165) is 11.1 Å². The number of methoxy groups -OCH3 is 4. The number of aromatic nitrogens is 1. The number of hydrogen-bond donors (Lipinski definition) is 0. The topological polar surface area (TPSA) is 84.0 Å². The summed E-state index contributed by atoms with van der Waals surface area (Å²) in [6, 6.07) is 11.1. The van der Waals surface area contributed by atoms with Gasteiger partial charge in [0.2, 0.25) is 5.88 Å². The maximum Gasteiger partial charge on any atom is 0.225 e. The number of benzene rings is 3. The van der Waals surface area contributed by atoms with Crippen molar-refractivity contribution in [2.24, 2.45) is 0 Å². The summed E-state index contributed by atoms with van der Waals surface area (Å²) in [5.41, 5.74) is 2.17. The molecule has 1 heterocycles. The van der Waals surface area contributed by atoms with Crippen LogP contribution in [0.1, 0.15) is 43.5 Å². The van der Waals surface area contributed by atoms with Crippen molar-refractivity contribution >= 4 is 39.2 Å². The van der Waals surface area contributed by atoms with Crippen molar-refractivity contribution in [3.05, 3.63) is 70.9 Å². The molecule has 7 heteroatoms. The molecule has 0 N–H and O–H groups in total. The zero-order valence-corrected chi connectivity index (χ0v) is 20.7. The maximum atomic E-state index is 14.1. The lowest BCUT2D eigenvalue weighted by Gasteiger charge is -2.20. The number of Topliss-reactive ketones (excluding diaryl/α,β-unsaturated/α-hetero) is 2. The number of pyridine rings is 1. The average Bonchev–Trinajstić information content (AvgIpc) is 3.14. The third-order valence-corrected chi connectivity index (χ3v) is 6.69. The summed E-state index contributed by atoms with van der Waals surface area (Å²) in [7, 11) is 6.00. The Balaban J connectivity index is 1.88. The molecule has 0 bridgehead atoms. The molecule has 1 aliphatic rings. The van der Waals surface area contributed by atoms with E-state index >= 15 is 0 Å². The fourth-order valence-electron chi connectivity index (χ4n) is 5.29. The molecule has 5 rings (SSSR count). The molecule has 0 spiro atoms. The number of ketones is 2. The molecule has 3 aromatic carbocycles. The van der Waals surface area contributed by atoms with E-state index in [-0.39, 0.29) is 11.1 Å². The Hall–Kier alpha value is -4.39. The van der Waals surface area contributed by atoms with Crippen molar-refractivity contribution in [2.45, 2.75) is 12.8 Å². The first-order valence-electron chi connectivity index (χ1n) is 11.3. The summed E-state index contributed by atoms with van der Waals surface area (Å²) >= 11 is 0. The number of fused-ring (bicyclic) bond motifs is 3. The Morgan fingerprint density at radius 3 is 1.86 bits per heavy atom. The van der Waals surface area contributed by atoms with Crippen LogP contribution in [-0.4, -0.2) is 45.0 Å². The molecule has 36 heavy (non-hydrogen) atoms. The molecule has 0 radical (unpaired) electrons. The van der Waals surface area contributed by atoms with Crippen molar-refractivity contribution in [3.63, 3.8) is 0 Å². The summed E-state index contributed by atoms with van der Waals surface area (Å²) in [6.45, 7) is 5.81. The lowest BCUT2D eigenvalue weighted by atomic mass is 9.87. The van der Waals surface area contributed by atoms with Crippen molar-refractivity contribution in [1.82, 2.24) is 4.98 Å². The van der Waals surface area contributed by atoms with E-state index in [4.69, 9.17) is 18.9 Å². The molecule has 1 aliphatic carbocycles. The molecule has 4 aromatic rings. The Morgan fingerprint density at radius 1 is 0.833 bits per heavy atom. The van der Waals surface area contributed by atoms with Crippen molar-refractivity contribution in [2.75, 3.05) is 28.4 Å². The molecular weight excluding hydrogens is 458 g/mol. The second-order valence-corrected chi connectivity index (χ2v) is 8.51. The number of ether oxygens (including phenoxy) is 4. The normalized spacial score (nSPS) is 13.2. The van der Waals surface area contributed by atoms with Gasteiger partial charge in [-0.1, -0.05) is 36.9 Å². The molecule has 0 aliphatic heterocycles. The van der Waals surface area contributed by atoms with Crippen LogP contribution >= 0.6 is 0 Å². The molecule has 0 saturated carbocycles. The molecule has 0 amide bonds. The molecule has 0 unspecified atom stereocenters. The monoisotopic (exact) mass is 483 g/mol. The number of rotatable bonds is 6. The molecule has 0 atom stereocenters. The van der Waals surface area contributed by atoms with Gasteiger partial charge >= 0.3 is 0 Å². The van der Waals surface area contributed by atoms with Gasteiger partial charge < -0.3 is 18.9 Å². The van der Waals surface area contributed by atoms with Gasteiger partial charge in [-0.2, -0.15) is 0 Å². The van der Waals surface area contributed by atoms with E-state index < -0.39 is 17.5 Å². The Kier molecular flexibility index (Phi) is 5.63. The molecule has 1 aromatic heterocycles. The van der Waals surface area contributed by atoms with Crippen LogP contribution in [0.2, 0.25) is 0 Å². The largest absolute Gasteiger partial charge is 0.496 e. The van der Waals surface area contributed by atoms with Crippen LogP contribution in [0.25, 0.3) is 27.6 Å². The fourth-order valence-corrected chi connectivity index (χ4v) is 5.29. The van der Waals surface area contributed by atoms with Gasteiger partial charge in [0, 0.05) is 22.0 Å². The lowest BCUT2D eigenvalue weighted by Crippen LogP contribution is -2.16. The van der Waals surface area contributed by atoms with Crippen molar-refractivity contribution < 1.29 is 28.5 Å². The summed E-state index contributed by atoms with van der Waals surface area (Å²) in [5, 5.41) is 2.75. The van der Waals surface area contributed by atoms with Crippen molar-refractivity contribution in [3.8, 4) is 23.1 Å². The zero-order valence-electron chi connectivity index (χ0n) is 20.7. The quantitative estimate of drug-likeness (QED) is 0.333. The summed E-state index contributed by atoms with van der Waals surface area (Å²) < 4.78 is 22.8. The molecule has 0 saturated heterocycles. The third-order valence-electron chi connectivity index (χ3n) is 6.69. The van der Waals surface area contributed by atoms with E-state index in [1.807, 2.05) is 43.3 Å². The Morgan fingerprint density at radius 2 is 1.39 bits per heavy atom. The number of nitrogens with zero attached hydrogens (tertiary/aromatic N) is 1. The number of aryl methyl sites for hydroxylation is 1. The average molecular weight is 484 g/mol. The first-order chi connectivity index (χ1) is 17.4. The van der Waals surface area contributed by atoms with Gasteiger partial charge in [-0.15, -0.1) is 0 Å². The first kappa shape index (κ1) is 23.4. The second kappa shape index (κ2) is 8.68. The maximum absolute atomic E-state index is 14.1. The van der Waals surface area contributed by atoms with Crippen LogP contribution in [0.5, 0.6) is 23.1 Å². The van der Waals surface area contributed by atoms with Gasteiger partial charge in [-0.3, -0.25) is 9.59 Å². The van der Waals surface area contributed by atoms with E-state index in [1.54, 1.807) is 6.08 Å². The molecule has 0 fully saturated rings. The van der Waals surface area contributed by atoms with E-state index in [1.165, 1.54) is 28.4 Å². The number of carbonyl (C=O) groups excluding carboxylic acids is 2. The SMILES string of the molecule is C=Cc1cc2cc(C)nc(OC)c2c(OC)c1C1C(=O)c2c(c(OC)c3ccccc3c2OC)C1=O. The van der Waals surface area contributed by atoms with E-state index in [2.05, 4.69) is 11.6 Å². The van der Waals surface area contributed by atoms with Crippen molar-refractivity contribution in [1.29, 1.82) is 0 Å². The van der Waals surface area contributed by atoms with Gasteiger partial charge in [-0.05, 0) is 30.0 Å². The smallest absolute Gasteiger partial charge is 0.225 e. The first-order valence-corrected chi connectivity index (χ1v) is 11.3. The van der Waals surface area contributed by atoms with Gasteiger partial charge in [0.05, 0.1) is 45.0 Å². The summed E-state index contributed by atoms with van der Waals surface area (Å²) in [4.78, 5) is 32.7. The highest BCUT2D eigenvalue weighted by Gasteiger charge is 2.47. The predicted octanol–water partition coefficient (Wildman–Crippen LogP) is 5.54. The zero-order chi connectivity index (χ0) is 25.7. The molecule has 7 nitrogen and oxygen atoms in total.